The smallest absolute Gasteiger partial charge is 0.243 e. The number of amides is 8. The van der Waals surface area contributed by atoms with Gasteiger partial charge in [0.1, 0.15) is 48.3 Å². The van der Waals surface area contributed by atoms with Crippen LogP contribution >= 0.6 is 0 Å². The van der Waals surface area contributed by atoms with Gasteiger partial charge in [-0.3, -0.25) is 38.4 Å². The number of carbonyl (C=O) groups is 8. The molecular weight excluding hydrogens is 771 g/mol. The summed E-state index contributed by atoms with van der Waals surface area (Å²) in [5, 5.41) is 21.8. The number of carbonyl (C=O) groups excluding carboxylic acids is 8. The summed E-state index contributed by atoms with van der Waals surface area (Å²) < 4.78 is 0. The summed E-state index contributed by atoms with van der Waals surface area (Å²) in [6, 6.07) is -9.06. The van der Waals surface area contributed by atoms with Gasteiger partial charge in [0.2, 0.25) is 47.3 Å². The van der Waals surface area contributed by atoms with E-state index in [1.165, 1.54) is 20.8 Å². The Labute approximate surface area is 358 Å². The number of nitrogens with two attached hydrogens (primary N) is 1. The molecule has 0 aromatic carbocycles. The Kier molecular flexibility index (Phi) is 20.2. The van der Waals surface area contributed by atoms with Crippen LogP contribution in [-0.2, 0) is 38.4 Å². The molecule has 0 unspecified atom stereocenters. The van der Waals surface area contributed by atoms with Crippen molar-refractivity contribution in [3.05, 3.63) is 0 Å². The van der Waals surface area contributed by atoms with E-state index < -0.39 is 117 Å². The molecule has 0 radical (unpaired) electrons. The highest BCUT2D eigenvalue weighted by atomic mass is 16.2. The molecule has 1 aliphatic rings. The SMILES string of the molecule is C[C@@H]1NC(=O)[C@@H](CC(C)(C)C)NC(=O)[C@H](C)NC(=O)[C@@H](CC(C)(C)C)NC(=O)[C@@H](CCCCN)NC(=O)[C@@H](CC(C)(C)C)NC(=O)[C@H](C)NC(=O)[C@@H](CC(C)(C)C)NC1=O. The third-order valence-electron chi connectivity index (χ3n) is 9.63. The molecule has 0 aromatic heterocycles. The van der Waals surface area contributed by atoms with Crippen molar-refractivity contribution in [3.8, 4) is 0 Å². The number of nitrogens with one attached hydrogen (secondary N) is 8. The molecule has 10 N–H and O–H groups in total. The van der Waals surface area contributed by atoms with Crippen LogP contribution in [0.25, 0.3) is 0 Å². The molecule has 0 aromatic rings. The molecule has 0 bridgehead atoms. The van der Waals surface area contributed by atoms with Gasteiger partial charge in [0.25, 0.3) is 0 Å². The Balaban J connectivity index is 3.84. The van der Waals surface area contributed by atoms with Gasteiger partial charge in [-0.25, -0.2) is 0 Å². The van der Waals surface area contributed by atoms with Crippen molar-refractivity contribution in [1.29, 1.82) is 0 Å². The lowest BCUT2D eigenvalue weighted by atomic mass is 9.87. The number of hydrogen-bond donors (Lipinski definition) is 9. The van der Waals surface area contributed by atoms with Crippen LogP contribution in [0.4, 0.5) is 0 Å². The Hall–Kier alpha value is -4.28. The summed E-state index contributed by atoms with van der Waals surface area (Å²) >= 11 is 0. The zero-order valence-electron chi connectivity index (χ0n) is 39.1. The van der Waals surface area contributed by atoms with Crippen molar-refractivity contribution in [1.82, 2.24) is 42.5 Å². The summed E-state index contributed by atoms with van der Waals surface area (Å²) in [6.45, 7) is 27.3. The molecule has 0 aliphatic carbocycles. The molecule has 1 fully saturated rings. The average Bonchev–Trinajstić information content (AvgIpc) is 3.06. The highest BCUT2D eigenvalue weighted by molar-refractivity contribution is 5.98. The number of unbranched alkanes of at least 4 members (excludes halogenated alkanes) is 1. The predicted molar refractivity (Wildman–Crippen MR) is 232 cm³/mol. The fourth-order valence-electron chi connectivity index (χ4n) is 6.62. The minimum atomic E-state index is -1.15. The first kappa shape index (κ1) is 53.7. The van der Waals surface area contributed by atoms with Crippen molar-refractivity contribution < 1.29 is 38.4 Å². The zero-order valence-corrected chi connectivity index (χ0v) is 39.1. The van der Waals surface area contributed by atoms with Crippen LogP contribution < -0.4 is 48.3 Å². The highest BCUT2D eigenvalue weighted by Gasteiger charge is 2.37. The van der Waals surface area contributed by atoms with Gasteiger partial charge in [-0.1, -0.05) is 83.1 Å². The van der Waals surface area contributed by atoms with Crippen LogP contribution in [0.15, 0.2) is 0 Å². The summed E-state index contributed by atoms with van der Waals surface area (Å²) in [5.41, 5.74) is 3.89. The van der Waals surface area contributed by atoms with E-state index in [1.54, 1.807) is 0 Å². The number of hydrogen-bond acceptors (Lipinski definition) is 9. The molecule has 0 spiro atoms. The van der Waals surface area contributed by atoms with E-state index in [0.717, 1.165) is 0 Å². The standard InChI is InChI=1S/C43H79N9O8/c1-24-32(53)49-29(21-41(7,8)9)37(58)46-26(3)34(55)51-31(23-43(13,14)15)39(60)48-27(18-16-17-19-44)35(56)52-30(22-42(10,11)12)38(59)47-25(2)33(54)50-28(36(57)45-24)20-40(4,5)6/h24-31H,16-23,44H2,1-15H3,(H,45,57)(H,46,58)(H,47,59)(H,48,60)(H,49,53)(H,50,54)(H,51,55)(H,52,56)/t24-,25-,26-,27+,28+,29+,30+,31+/m0/s1. The summed E-state index contributed by atoms with van der Waals surface area (Å²) in [6.07, 6.45) is 1.88. The van der Waals surface area contributed by atoms with Gasteiger partial charge in [-0.05, 0) is 93.9 Å². The second-order valence-corrected chi connectivity index (χ2v) is 21.3. The molecule has 1 rings (SSSR count). The Morgan fingerprint density at radius 2 is 0.567 bits per heavy atom. The van der Waals surface area contributed by atoms with E-state index in [9.17, 15) is 38.4 Å². The Bertz CT molecular complexity index is 1500. The zero-order chi connectivity index (χ0) is 46.6. The largest absolute Gasteiger partial charge is 0.343 e. The maximum absolute atomic E-state index is 14.1. The minimum absolute atomic E-state index is 0.167. The van der Waals surface area contributed by atoms with E-state index in [1.807, 2.05) is 83.1 Å². The topological polar surface area (TPSA) is 259 Å². The molecule has 0 saturated carbocycles. The van der Waals surface area contributed by atoms with Crippen LogP contribution in [0.3, 0.4) is 0 Å². The second-order valence-electron chi connectivity index (χ2n) is 21.3. The molecular formula is C43H79N9O8. The normalized spacial score (nSPS) is 27.2. The molecule has 60 heavy (non-hydrogen) atoms. The van der Waals surface area contributed by atoms with Crippen LogP contribution in [0, 0.1) is 21.7 Å². The fraction of sp³-hybridized carbons (Fsp3) is 0.814. The van der Waals surface area contributed by atoms with E-state index in [-0.39, 0.29) is 32.1 Å². The van der Waals surface area contributed by atoms with Gasteiger partial charge in [-0.2, -0.15) is 0 Å². The van der Waals surface area contributed by atoms with Crippen molar-refractivity contribution in [2.45, 2.75) is 197 Å². The van der Waals surface area contributed by atoms with Gasteiger partial charge in [0, 0.05) is 0 Å². The Morgan fingerprint density at radius 3 is 0.817 bits per heavy atom. The Morgan fingerprint density at radius 1 is 0.350 bits per heavy atom. The first-order chi connectivity index (χ1) is 27.2. The van der Waals surface area contributed by atoms with Gasteiger partial charge in [-0.15, -0.1) is 0 Å². The summed E-state index contributed by atoms with van der Waals surface area (Å²) in [5.74, 6) is -5.24. The molecule has 8 amide bonds. The van der Waals surface area contributed by atoms with E-state index >= 15 is 0 Å². The van der Waals surface area contributed by atoms with Gasteiger partial charge < -0.3 is 48.3 Å². The molecule has 1 heterocycles. The summed E-state index contributed by atoms with van der Waals surface area (Å²) in [7, 11) is 0. The fourth-order valence-corrected chi connectivity index (χ4v) is 6.62. The van der Waals surface area contributed by atoms with Crippen molar-refractivity contribution in [3.63, 3.8) is 0 Å². The van der Waals surface area contributed by atoms with Crippen LogP contribution in [0.5, 0.6) is 0 Å². The van der Waals surface area contributed by atoms with Crippen molar-refractivity contribution >= 4 is 47.3 Å². The first-order valence-electron chi connectivity index (χ1n) is 21.3. The lowest BCUT2D eigenvalue weighted by Crippen LogP contribution is -2.61. The molecule has 344 valence electrons. The molecule has 17 nitrogen and oxygen atoms in total. The van der Waals surface area contributed by atoms with Crippen LogP contribution in [-0.4, -0.2) is 102 Å². The lowest BCUT2D eigenvalue weighted by Gasteiger charge is -2.32. The van der Waals surface area contributed by atoms with Crippen LogP contribution in [0.1, 0.15) is 149 Å². The number of rotatable bonds is 8. The lowest BCUT2D eigenvalue weighted by molar-refractivity contribution is -0.137. The van der Waals surface area contributed by atoms with E-state index in [4.69, 9.17) is 5.73 Å². The third-order valence-corrected chi connectivity index (χ3v) is 9.63. The molecule has 8 atom stereocenters. The monoisotopic (exact) mass is 850 g/mol. The predicted octanol–water partition coefficient (Wildman–Crippen LogP) is 1.81. The molecule has 1 saturated heterocycles. The second kappa shape index (κ2) is 22.5. The third kappa shape index (κ3) is 20.8. The van der Waals surface area contributed by atoms with Crippen molar-refractivity contribution in [2.75, 3.05) is 6.54 Å². The van der Waals surface area contributed by atoms with Gasteiger partial charge in [0.15, 0.2) is 0 Å². The maximum Gasteiger partial charge on any atom is 0.243 e. The maximum atomic E-state index is 14.1. The quantitative estimate of drug-likeness (QED) is 0.161. The van der Waals surface area contributed by atoms with Gasteiger partial charge >= 0.3 is 0 Å². The summed E-state index contributed by atoms with van der Waals surface area (Å²) in [4.78, 5) is 110. The van der Waals surface area contributed by atoms with Crippen LogP contribution in [0.2, 0.25) is 0 Å². The van der Waals surface area contributed by atoms with Crippen molar-refractivity contribution in [2.24, 2.45) is 27.4 Å². The van der Waals surface area contributed by atoms with Gasteiger partial charge in [0.05, 0.1) is 0 Å². The molecule has 1 aliphatic heterocycles. The molecule has 17 heteroatoms. The van der Waals surface area contributed by atoms with E-state index in [2.05, 4.69) is 42.5 Å². The minimum Gasteiger partial charge on any atom is -0.343 e. The van der Waals surface area contributed by atoms with E-state index in [0.29, 0.717) is 19.4 Å². The first-order valence-corrected chi connectivity index (χ1v) is 21.3. The highest BCUT2D eigenvalue weighted by Crippen LogP contribution is 2.24. The average molecular weight is 850 g/mol.